The number of nitrogens with zero attached hydrogens (tertiary/aromatic N) is 3. The third-order valence-electron chi connectivity index (χ3n) is 4.40. The highest BCUT2D eigenvalue weighted by molar-refractivity contribution is 5.96. The molecular weight excluding hydrogens is 316 g/mol. The van der Waals surface area contributed by atoms with Crippen LogP contribution in [0.15, 0.2) is 30.3 Å². The summed E-state index contributed by atoms with van der Waals surface area (Å²) in [7, 11) is 1.38. The monoisotopic (exact) mass is 340 g/mol. The Kier molecular flexibility index (Phi) is 5.16. The van der Waals surface area contributed by atoms with E-state index in [1.54, 1.807) is 6.07 Å². The Morgan fingerprint density at radius 2 is 2.12 bits per heavy atom. The number of hydrogen-bond acceptors (Lipinski definition) is 6. The molecular formula is C19H24N4O2. The van der Waals surface area contributed by atoms with Gasteiger partial charge in [0.25, 0.3) is 0 Å². The number of hydrogen-bond donors (Lipinski definition) is 1. The van der Waals surface area contributed by atoms with Gasteiger partial charge in [0.15, 0.2) is 0 Å². The summed E-state index contributed by atoms with van der Waals surface area (Å²) in [6.07, 6.45) is 2.44. The minimum Gasteiger partial charge on any atom is -0.465 e. The van der Waals surface area contributed by atoms with Gasteiger partial charge in [-0.3, -0.25) is 0 Å². The second-order valence-electron chi connectivity index (χ2n) is 6.51. The molecule has 1 aliphatic rings. The smallest absolute Gasteiger partial charge is 0.339 e. The molecule has 0 radical (unpaired) electrons. The Labute approximate surface area is 148 Å². The van der Waals surface area contributed by atoms with E-state index < -0.39 is 0 Å². The van der Waals surface area contributed by atoms with Crippen LogP contribution < -0.4 is 10.2 Å². The van der Waals surface area contributed by atoms with Crippen LogP contribution in [0.4, 0.5) is 17.3 Å². The van der Waals surface area contributed by atoms with Crippen LogP contribution in [0.25, 0.3) is 0 Å². The molecule has 1 saturated heterocycles. The van der Waals surface area contributed by atoms with E-state index in [9.17, 15) is 4.79 Å². The van der Waals surface area contributed by atoms with Gasteiger partial charge < -0.3 is 15.0 Å². The number of rotatable bonds is 4. The Balaban J connectivity index is 1.88. The molecule has 0 amide bonds. The molecule has 0 saturated carbocycles. The first-order valence-electron chi connectivity index (χ1n) is 8.62. The summed E-state index contributed by atoms with van der Waals surface area (Å²) in [6.45, 7) is 6.17. The van der Waals surface area contributed by atoms with Crippen molar-refractivity contribution in [3.8, 4) is 0 Å². The van der Waals surface area contributed by atoms with Crippen molar-refractivity contribution in [3.63, 3.8) is 0 Å². The fraction of sp³-hybridized carbons (Fsp3) is 0.421. The van der Waals surface area contributed by atoms with Gasteiger partial charge in [-0.2, -0.15) is 0 Å². The quantitative estimate of drug-likeness (QED) is 0.859. The average Bonchev–Trinajstić information content (AvgIpc) is 2.61. The lowest BCUT2D eigenvalue weighted by atomic mass is 10.0. The number of esters is 1. The molecule has 2 aromatic rings. The highest BCUT2D eigenvalue weighted by atomic mass is 16.5. The van der Waals surface area contributed by atoms with E-state index in [1.165, 1.54) is 20.0 Å². The third kappa shape index (κ3) is 4.07. The number of benzene rings is 1. The molecule has 1 aromatic carbocycles. The summed E-state index contributed by atoms with van der Waals surface area (Å²) < 4.78 is 4.85. The topological polar surface area (TPSA) is 67.3 Å². The number of aromatic nitrogens is 2. The van der Waals surface area contributed by atoms with Crippen molar-refractivity contribution in [2.24, 2.45) is 5.92 Å². The summed E-state index contributed by atoms with van der Waals surface area (Å²) in [5.74, 6) is 2.60. The highest BCUT2D eigenvalue weighted by Gasteiger charge is 2.19. The summed E-state index contributed by atoms with van der Waals surface area (Å²) >= 11 is 0. The maximum atomic E-state index is 11.9. The number of carbonyl (C=O) groups is 1. The SMILES string of the molecule is COC(=O)c1ccccc1Nc1cc(N2CCCC(C)C2)nc(C)n1. The lowest BCUT2D eigenvalue weighted by molar-refractivity contribution is 0.0602. The maximum Gasteiger partial charge on any atom is 0.339 e. The van der Waals surface area contributed by atoms with Crippen molar-refractivity contribution in [2.45, 2.75) is 26.7 Å². The summed E-state index contributed by atoms with van der Waals surface area (Å²) in [5, 5.41) is 3.24. The zero-order chi connectivity index (χ0) is 17.8. The van der Waals surface area contributed by atoms with Crippen molar-refractivity contribution in [3.05, 3.63) is 41.7 Å². The summed E-state index contributed by atoms with van der Waals surface area (Å²) in [6, 6.07) is 9.19. The molecule has 132 valence electrons. The zero-order valence-corrected chi connectivity index (χ0v) is 15.0. The molecule has 1 unspecified atom stereocenters. The van der Waals surface area contributed by atoms with Crippen LogP contribution in [-0.2, 0) is 4.74 Å². The molecule has 1 N–H and O–H groups in total. The predicted molar refractivity (Wildman–Crippen MR) is 98.4 cm³/mol. The normalized spacial score (nSPS) is 17.2. The Morgan fingerprint density at radius 3 is 2.88 bits per heavy atom. The van der Waals surface area contributed by atoms with Gasteiger partial charge in [-0.25, -0.2) is 14.8 Å². The number of methoxy groups -OCH3 is 1. The molecule has 0 bridgehead atoms. The van der Waals surface area contributed by atoms with E-state index in [2.05, 4.69) is 27.1 Å². The highest BCUT2D eigenvalue weighted by Crippen LogP contribution is 2.26. The van der Waals surface area contributed by atoms with Crippen LogP contribution in [0.3, 0.4) is 0 Å². The first-order chi connectivity index (χ1) is 12.1. The van der Waals surface area contributed by atoms with Gasteiger partial charge in [-0.05, 0) is 37.8 Å². The van der Waals surface area contributed by atoms with Crippen molar-refractivity contribution in [1.82, 2.24) is 9.97 Å². The number of piperidine rings is 1. The second-order valence-corrected chi connectivity index (χ2v) is 6.51. The van der Waals surface area contributed by atoms with Gasteiger partial charge >= 0.3 is 5.97 Å². The molecule has 1 atom stereocenters. The minimum atomic E-state index is -0.376. The lowest BCUT2D eigenvalue weighted by Crippen LogP contribution is -2.35. The molecule has 2 heterocycles. The Hall–Kier alpha value is -2.63. The number of para-hydroxylation sites is 1. The fourth-order valence-electron chi connectivity index (χ4n) is 3.19. The van der Waals surface area contributed by atoms with E-state index in [4.69, 9.17) is 4.74 Å². The molecule has 6 nitrogen and oxygen atoms in total. The van der Waals surface area contributed by atoms with Crippen molar-refractivity contribution < 1.29 is 9.53 Å². The minimum absolute atomic E-state index is 0.376. The largest absolute Gasteiger partial charge is 0.465 e. The summed E-state index contributed by atoms with van der Waals surface area (Å²) in [5.41, 5.74) is 1.15. The Morgan fingerprint density at radius 1 is 1.32 bits per heavy atom. The number of ether oxygens (including phenoxy) is 1. The zero-order valence-electron chi connectivity index (χ0n) is 15.0. The van der Waals surface area contributed by atoms with Gasteiger partial charge in [0, 0.05) is 19.2 Å². The van der Waals surface area contributed by atoms with Crippen LogP contribution in [-0.4, -0.2) is 36.1 Å². The Bertz CT molecular complexity index is 763. The van der Waals surface area contributed by atoms with E-state index in [0.717, 1.165) is 18.9 Å². The first-order valence-corrected chi connectivity index (χ1v) is 8.62. The average molecular weight is 340 g/mol. The molecule has 25 heavy (non-hydrogen) atoms. The van der Waals surface area contributed by atoms with E-state index >= 15 is 0 Å². The van der Waals surface area contributed by atoms with Gasteiger partial charge in [0.1, 0.15) is 17.5 Å². The van der Waals surface area contributed by atoms with Crippen LogP contribution in [0.1, 0.15) is 35.9 Å². The van der Waals surface area contributed by atoms with Gasteiger partial charge in [-0.1, -0.05) is 19.1 Å². The third-order valence-corrected chi connectivity index (χ3v) is 4.40. The molecule has 6 heteroatoms. The first kappa shape index (κ1) is 17.2. The molecule has 3 rings (SSSR count). The summed E-state index contributed by atoms with van der Waals surface area (Å²) in [4.78, 5) is 23.3. The fourth-order valence-corrected chi connectivity index (χ4v) is 3.19. The molecule has 0 aliphatic carbocycles. The molecule has 1 fully saturated rings. The lowest BCUT2D eigenvalue weighted by Gasteiger charge is -2.32. The van der Waals surface area contributed by atoms with Gasteiger partial charge in [0.2, 0.25) is 0 Å². The second kappa shape index (κ2) is 7.51. The number of anilines is 3. The number of nitrogens with one attached hydrogen (secondary N) is 1. The van der Waals surface area contributed by atoms with Crippen molar-refractivity contribution in [2.75, 3.05) is 30.4 Å². The predicted octanol–water partition coefficient (Wildman–Crippen LogP) is 3.55. The van der Waals surface area contributed by atoms with Crippen molar-refractivity contribution in [1.29, 1.82) is 0 Å². The maximum absolute atomic E-state index is 11.9. The van der Waals surface area contributed by atoms with E-state index in [1.807, 2.05) is 31.2 Å². The molecule has 1 aromatic heterocycles. The standard InChI is InChI=1S/C19H24N4O2/c1-13-7-6-10-23(12-13)18-11-17(20-14(2)21-18)22-16-9-5-4-8-15(16)19(24)25-3/h4-5,8-9,11,13H,6-7,10,12H2,1-3H3,(H,20,21,22). The van der Waals surface area contributed by atoms with Crippen LogP contribution in [0.2, 0.25) is 0 Å². The van der Waals surface area contributed by atoms with Crippen LogP contribution in [0, 0.1) is 12.8 Å². The van der Waals surface area contributed by atoms with Gasteiger partial charge in [-0.15, -0.1) is 0 Å². The van der Waals surface area contributed by atoms with Crippen LogP contribution >= 0.6 is 0 Å². The van der Waals surface area contributed by atoms with E-state index in [-0.39, 0.29) is 5.97 Å². The van der Waals surface area contributed by atoms with E-state index in [0.29, 0.717) is 28.8 Å². The number of carbonyl (C=O) groups excluding carboxylic acids is 1. The molecule has 0 spiro atoms. The van der Waals surface area contributed by atoms with Gasteiger partial charge in [0.05, 0.1) is 18.4 Å². The number of aryl methyl sites for hydroxylation is 1. The molecule has 1 aliphatic heterocycles. The van der Waals surface area contributed by atoms with Crippen molar-refractivity contribution >= 4 is 23.3 Å². The van der Waals surface area contributed by atoms with Crippen LogP contribution in [0.5, 0.6) is 0 Å².